The summed E-state index contributed by atoms with van der Waals surface area (Å²) in [7, 11) is 0. The maximum Gasteiger partial charge on any atom is 0.327 e. The van der Waals surface area contributed by atoms with Gasteiger partial charge in [0.15, 0.2) is 0 Å². The number of nitrogens with zero attached hydrogens (tertiary/aromatic N) is 1. The van der Waals surface area contributed by atoms with Crippen molar-refractivity contribution in [2.24, 2.45) is 0 Å². The number of carbonyl (C=O) groups is 1. The highest BCUT2D eigenvalue weighted by atomic mass is 32.1. The zero-order chi connectivity index (χ0) is 12.8. The minimum Gasteiger partial charge on any atom is -0.355 e. The summed E-state index contributed by atoms with van der Waals surface area (Å²) in [5.74, 6) is -0.191. The predicted octanol–water partition coefficient (Wildman–Crippen LogP) is 1.13. The number of amides is 1. The van der Waals surface area contributed by atoms with Crippen LogP contribution in [0.2, 0.25) is 0 Å². The Bertz CT molecular complexity index is 473. The molecule has 0 saturated carbocycles. The number of aromatic amines is 1. The van der Waals surface area contributed by atoms with Crippen LogP contribution in [-0.2, 0) is 11.3 Å². The van der Waals surface area contributed by atoms with Crippen molar-refractivity contribution in [3.8, 4) is 0 Å². The Balaban J connectivity index is 2.72. The standard InChI is InChI=1S/C11H17N3O2S/c1-3-4-5-12-9(15)7-14-10(17)6-8(2)13-11(14)16/h6H,3-5,7H2,1-2H3,(H,12,15)(H,13,16). The summed E-state index contributed by atoms with van der Waals surface area (Å²) in [5.41, 5.74) is 0.350. The summed E-state index contributed by atoms with van der Waals surface area (Å²) in [6.07, 6.45) is 1.95. The average molecular weight is 255 g/mol. The fraction of sp³-hybridized carbons (Fsp3) is 0.545. The van der Waals surface area contributed by atoms with Crippen molar-refractivity contribution in [2.45, 2.75) is 33.2 Å². The zero-order valence-electron chi connectivity index (χ0n) is 10.1. The molecular formula is C11H17N3O2S. The van der Waals surface area contributed by atoms with Crippen molar-refractivity contribution >= 4 is 18.1 Å². The second-order valence-electron chi connectivity index (χ2n) is 3.89. The van der Waals surface area contributed by atoms with Crippen molar-refractivity contribution in [2.75, 3.05) is 6.54 Å². The Morgan fingerprint density at radius 3 is 2.88 bits per heavy atom. The highest BCUT2D eigenvalue weighted by Crippen LogP contribution is 1.92. The minimum absolute atomic E-state index is 0.0296. The molecule has 0 aliphatic heterocycles. The van der Waals surface area contributed by atoms with Gasteiger partial charge in [0.2, 0.25) is 5.91 Å². The highest BCUT2D eigenvalue weighted by molar-refractivity contribution is 7.71. The number of H-pyrrole nitrogens is 1. The van der Waals surface area contributed by atoms with Gasteiger partial charge >= 0.3 is 5.69 Å². The van der Waals surface area contributed by atoms with Gasteiger partial charge in [-0.2, -0.15) is 0 Å². The molecule has 1 aromatic rings. The summed E-state index contributed by atoms with van der Waals surface area (Å²) in [6, 6.07) is 1.66. The molecule has 0 radical (unpaired) electrons. The number of rotatable bonds is 5. The summed E-state index contributed by atoms with van der Waals surface area (Å²) in [5, 5.41) is 2.74. The van der Waals surface area contributed by atoms with Gasteiger partial charge in [-0.3, -0.25) is 9.36 Å². The van der Waals surface area contributed by atoms with Gasteiger partial charge in [-0.15, -0.1) is 0 Å². The van der Waals surface area contributed by atoms with Crippen LogP contribution in [0.5, 0.6) is 0 Å². The normalized spacial score (nSPS) is 10.2. The molecule has 1 rings (SSSR count). The lowest BCUT2D eigenvalue weighted by Gasteiger charge is -2.07. The summed E-state index contributed by atoms with van der Waals surface area (Å²) < 4.78 is 1.63. The van der Waals surface area contributed by atoms with Crippen molar-refractivity contribution < 1.29 is 4.79 Å². The van der Waals surface area contributed by atoms with E-state index in [1.54, 1.807) is 13.0 Å². The first-order valence-electron chi connectivity index (χ1n) is 5.62. The topological polar surface area (TPSA) is 66.9 Å². The van der Waals surface area contributed by atoms with Crippen LogP contribution in [0.15, 0.2) is 10.9 Å². The molecule has 5 nitrogen and oxygen atoms in total. The number of hydrogen-bond acceptors (Lipinski definition) is 3. The van der Waals surface area contributed by atoms with Crippen LogP contribution in [0.3, 0.4) is 0 Å². The summed E-state index contributed by atoms with van der Waals surface area (Å²) in [4.78, 5) is 25.7. The Labute approximate surface area is 105 Å². The second kappa shape index (κ2) is 6.34. The number of unbranched alkanes of at least 4 members (excludes halogenated alkanes) is 1. The Morgan fingerprint density at radius 2 is 2.29 bits per heavy atom. The monoisotopic (exact) mass is 255 g/mol. The maximum absolute atomic E-state index is 11.6. The summed E-state index contributed by atoms with van der Waals surface area (Å²) in [6.45, 7) is 4.40. The van der Waals surface area contributed by atoms with Gasteiger partial charge in [0, 0.05) is 12.2 Å². The molecule has 1 heterocycles. The zero-order valence-corrected chi connectivity index (χ0v) is 10.9. The van der Waals surface area contributed by atoms with Gasteiger partial charge in [-0.05, 0) is 19.4 Å². The molecule has 2 N–H and O–H groups in total. The molecule has 94 valence electrons. The van der Waals surface area contributed by atoms with Crippen LogP contribution in [0.25, 0.3) is 0 Å². The van der Waals surface area contributed by atoms with Crippen molar-refractivity contribution in [1.29, 1.82) is 0 Å². The van der Waals surface area contributed by atoms with Crippen molar-refractivity contribution in [3.05, 3.63) is 26.9 Å². The van der Waals surface area contributed by atoms with Crippen LogP contribution in [0, 0.1) is 11.6 Å². The highest BCUT2D eigenvalue weighted by Gasteiger charge is 2.05. The molecule has 0 atom stereocenters. The third-order valence-corrected chi connectivity index (χ3v) is 2.65. The third kappa shape index (κ3) is 4.14. The van der Waals surface area contributed by atoms with Crippen LogP contribution in [-0.4, -0.2) is 22.0 Å². The lowest BCUT2D eigenvalue weighted by Crippen LogP contribution is -2.34. The quantitative estimate of drug-likeness (QED) is 0.612. The van der Waals surface area contributed by atoms with E-state index in [2.05, 4.69) is 10.3 Å². The Hall–Kier alpha value is -1.43. The number of aromatic nitrogens is 2. The van der Waals surface area contributed by atoms with Crippen molar-refractivity contribution in [1.82, 2.24) is 14.9 Å². The number of hydrogen-bond donors (Lipinski definition) is 2. The summed E-state index contributed by atoms with van der Waals surface area (Å²) >= 11 is 5.04. The Kier molecular flexibility index (Phi) is 5.09. The van der Waals surface area contributed by atoms with E-state index >= 15 is 0 Å². The predicted molar refractivity (Wildman–Crippen MR) is 68.5 cm³/mol. The molecule has 0 aliphatic rings. The molecule has 0 fully saturated rings. The lowest BCUT2D eigenvalue weighted by molar-refractivity contribution is -0.121. The molecule has 0 saturated heterocycles. The molecule has 6 heteroatoms. The van der Waals surface area contributed by atoms with E-state index in [1.165, 1.54) is 4.57 Å². The smallest absolute Gasteiger partial charge is 0.327 e. The van der Waals surface area contributed by atoms with Crippen LogP contribution >= 0.6 is 12.2 Å². The van der Waals surface area contributed by atoms with Crippen molar-refractivity contribution in [3.63, 3.8) is 0 Å². The van der Waals surface area contributed by atoms with E-state index in [1.807, 2.05) is 6.92 Å². The average Bonchev–Trinajstić information content (AvgIpc) is 2.24. The molecule has 0 bridgehead atoms. The van der Waals surface area contributed by atoms with Gasteiger partial charge < -0.3 is 10.3 Å². The second-order valence-corrected chi connectivity index (χ2v) is 4.30. The first-order chi connectivity index (χ1) is 8.04. The first-order valence-corrected chi connectivity index (χ1v) is 6.03. The SMILES string of the molecule is CCCCNC(=O)Cn1c(=S)cc(C)[nH]c1=O. The van der Waals surface area contributed by atoms with E-state index in [4.69, 9.17) is 12.2 Å². The third-order valence-electron chi connectivity index (χ3n) is 2.31. The molecule has 0 unspecified atom stereocenters. The van der Waals surface area contributed by atoms with Gasteiger partial charge in [0.05, 0.1) is 0 Å². The molecule has 0 spiro atoms. The maximum atomic E-state index is 11.6. The molecule has 1 aromatic heterocycles. The fourth-order valence-electron chi connectivity index (χ4n) is 1.39. The van der Waals surface area contributed by atoms with Crippen LogP contribution in [0.1, 0.15) is 25.5 Å². The molecule has 0 aromatic carbocycles. The number of aryl methyl sites for hydroxylation is 1. The molecule has 1 amide bonds. The van der Waals surface area contributed by atoms with E-state index in [0.29, 0.717) is 16.9 Å². The van der Waals surface area contributed by atoms with Gasteiger partial charge in [-0.25, -0.2) is 4.79 Å². The van der Waals surface area contributed by atoms with E-state index < -0.39 is 0 Å². The van der Waals surface area contributed by atoms with Gasteiger partial charge in [-0.1, -0.05) is 25.6 Å². The van der Waals surface area contributed by atoms with Gasteiger partial charge in [0.1, 0.15) is 11.2 Å². The molecule has 17 heavy (non-hydrogen) atoms. The van der Waals surface area contributed by atoms with E-state index in [9.17, 15) is 9.59 Å². The molecular weight excluding hydrogens is 238 g/mol. The number of nitrogens with one attached hydrogen (secondary N) is 2. The van der Waals surface area contributed by atoms with Crippen LogP contribution in [0.4, 0.5) is 0 Å². The number of carbonyl (C=O) groups excluding carboxylic acids is 1. The lowest BCUT2D eigenvalue weighted by atomic mass is 10.3. The van der Waals surface area contributed by atoms with E-state index in [0.717, 1.165) is 12.8 Å². The van der Waals surface area contributed by atoms with E-state index in [-0.39, 0.29) is 18.1 Å². The minimum atomic E-state index is -0.347. The molecule has 0 aliphatic carbocycles. The Morgan fingerprint density at radius 1 is 1.59 bits per heavy atom. The fourth-order valence-corrected chi connectivity index (χ4v) is 1.71. The first kappa shape index (κ1) is 13.6. The van der Waals surface area contributed by atoms with Gasteiger partial charge in [0.25, 0.3) is 0 Å². The largest absolute Gasteiger partial charge is 0.355 e. The van der Waals surface area contributed by atoms with Crippen LogP contribution < -0.4 is 11.0 Å².